The number of nitrogens with one attached hydrogen (secondary N) is 2. The summed E-state index contributed by atoms with van der Waals surface area (Å²) in [6, 6.07) is 5.63. The Labute approximate surface area is 149 Å². The van der Waals surface area contributed by atoms with Gasteiger partial charge in [0, 0.05) is 24.9 Å². The highest BCUT2D eigenvalue weighted by Crippen LogP contribution is 2.29. The van der Waals surface area contributed by atoms with Crippen molar-refractivity contribution in [1.82, 2.24) is 5.32 Å². The SMILES string of the molecule is CCNC(=NCCOCC)Nc1ccc(OC)c(OC)c1.I. The third kappa shape index (κ3) is 7.17. The molecule has 6 nitrogen and oxygen atoms in total. The molecule has 0 atom stereocenters. The Morgan fingerprint density at radius 2 is 1.86 bits per heavy atom. The van der Waals surface area contributed by atoms with Crippen LogP contribution in [0.5, 0.6) is 11.5 Å². The van der Waals surface area contributed by atoms with Gasteiger partial charge in [-0.2, -0.15) is 0 Å². The van der Waals surface area contributed by atoms with Crippen molar-refractivity contribution in [3.8, 4) is 11.5 Å². The van der Waals surface area contributed by atoms with Crippen molar-refractivity contribution in [1.29, 1.82) is 0 Å². The normalized spacial score (nSPS) is 10.6. The lowest BCUT2D eigenvalue weighted by molar-refractivity contribution is 0.156. The van der Waals surface area contributed by atoms with Gasteiger partial charge >= 0.3 is 0 Å². The number of ether oxygens (including phenoxy) is 3. The lowest BCUT2D eigenvalue weighted by atomic mass is 10.3. The third-order valence-corrected chi connectivity index (χ3v) is 2.70. The summed E-state index contributed by atoms with van der Waals surface area (Å²) in [5.41, 5.74) is 0.878. The molecule has 0 amide bonds. The summed E-state index contributed by atoms with van der Waals surface area (Å²) in [7, 11) is 3.23. The molecule has 1 aromatic rings. The molecule has 1 aromatic carbocycles. The van der Waals surface area contributed by atoms with E-state index in [-0.39, 0.29) is 24.0 Å². The Morgan fingerprint density at radius 3 is 2.45 bits per heavy atom. The molecule has 22 heavy (non-hydrogen) atoms. The summed E-state index contributed by atoms with van der Waals surface area (Å²) in [5.74, 6) is 2.08. The minimum atomic E-state index is 0. The van der Waals surface area contributed by atoms with Crippen LogP contribution in [0.1, 0.15) is 13.8 Å². The molecule has 0 bridgehead atoms. The maximum Gasteiger partial charge on any atom is 0.195 e. The van der Waals surface area contributed by atoms with Crippen molar-refractivity contribution in [2.24, 2.45) is 4.99 Å². The fourth-order valence-electron chi connectivity index (χ4n) is 1.72. The molecule has 0 aliphatic carbocycles. The highest BCUT2D eigenvalue weighted by molar-refractivity contribution is 14.0. The van der Waals surface area contributed by atoms with E-state index in [1.54, 1.807) is 14.2 Å². The van der Waals surface area contributed by atoms with Gasteiger partial charge in [0.25, 0.3) is 0 Å². The average Bonchev–Trinajstić information content (AvgIpc) is 2.51. The Morgan fingerprint density at radius 1 is 1.14 bits per heavy atom. The minimum Gasteiger partial charge on any atom is -0.493 e. The zero-order chi connectivity index (χ0) is 15.5. The smallest absolute Gasteiger partial charge is 0.195 e. The molecule has 0 unspecified atom stereocenters. The highest BCUT2D eigenvalue weighted by Gasteiger charge is 2.06. The van der Waals surface area contributed by atoms with E-state index in [4.69, 9.17) is 14.2 Å². The lowest BCUT2D eigenvalue weighted by Gasteiger charge is -2.13. The van der Waals surface area contributed by atoms with Gasteiger partial charge in [0.05, 0.1) is 27.4 Å². The van der Waals surface area contributed by atoms with E-state index in [1.165, 1.54) is 0 Å². The van der Waals surface area contributed by atoms with Crippen LogP contribution in [0.15, 0.2) is 23.2 Å². The molecule has 2 N–H and O–H groups in total. The number of methoxy groups -OCH3 is 2. The first-order chi connectivity index (χ1) is 10.2. The van der Waals surface area contributed by atoms with Crippen LogP contribution in [-0.4, -0.2) is 46.5 Å². The lowest BCUT2D eigenvalue weighted by Crippen LogP contribution is -2.31. The van der Waals surface area contributed by atoms with E-state index in [0.717, 1.165) is 12.2 Å². The van der Waals surface area contributed by atoms with Crippen LogP contribution in [-0.2, 0) is 4.74 Å². The summed E-state index contributed by atoms with van der Waals surface area (Å²) in [6.07, 6.45) is 0. The van der Waals surface area contributed by atoms with E-state index in [9.17, 15) is 0 Å². The molecule has 0 fully saturated rings. The van der Waals surface area contributed by atoms with Gasteiger partial charge in [-0.05, 0) is 26.0 Å². The first kappa shape index (κ1) is 20.8. The zero-order valence-corrected chi connectivity index (χ0v) is 16.0. The Balaban J connectivity index is 0.00000441. The van der Waals surface area contributed by atoms with Crippen molar-refractivity contribution >= 4 is 35.6 Å². The van der Waals surface area contributed by atoms with Gasteiger partial charge in [-0.15, -0.1) is 24.0 Å². The highest BCUT2D eigenvalue weighted by atomic mass is 127. The predicted molar refractivity (Wildman–Crippen MR) is 101 cm³/mol. The third-order valence-electron chi connectivity index (χ3n) is 2.70. The summed E-state index contributed by atoms with van der Waals surface area (Å²) in [6.45, 7) is 6.70. The fourth-order valence-corrected chi connectivity index (χ4v) is 1.72. The number of hydrogen-bond acceptors (Lipinski definition) is 4. The largest absolute Gasteiger partial charge is 0.493 e. The topological polar surface area (TPSA) is 64.1 Å². The van der Waals surface area contributed by atoms with Crippen molar-refractivity contribution in [2.45, 2.75) is 13.8 Å². The Bertz CT molecular complexity index is 456. The molecule has 0 saturated carbocycles. The van der Waals surface area contributed by atoms with Crippen LogP contribution in [0.2, 0.25) is 0 Å². The number of aliphatic imine (C=N–C) groups is 1. The van der Waals surface area contributed by atoms with E-state index in [0.29, 0.717) is 37.2 Å². The standard InChI is InChI=1S/C15H25N3O3.HI/c1-5-16-15(17-9-10-21-6-2)18-12-7-8-13(19-3)14(11-12)20-4;/h7-8,11H,5-6,9-10H2,1-4H3,(H2,16,17,18);1H. The number of guanidine groups is 1. The van der Waals surface area contributed by atoms with Gasteiger partial charge < -0.3 is 24.8 Å². The van der Waals surface area contributed by atoms with Crippen LogP contribution >= 0.6 is 24.0 Å². The Hall–Kier alpha value is -1.22. The van der Waals surface area contributed by atoms with Gasteiger partial charge in [-0.1, -0.05) is 0 Å². The molecule has 7 heteroatoms. The second-order valence-electron chi connectivity index (χ2n) is 4.15. The predicted octanol–water partition coefficient (Wildman–Crippen LogP) is 2.74. The maximum atomic E-state index is 5.29. The van der Waals surface area contributed by atoms with Crippen molar-refractivity contribution < 1.29 is 14.2 Å². The summed E-state index contributed by atoms with van der Waals surface area (Å²) < 4.78 is 15.8. The molecule has 0 saturated heterocycles. The molecule has 126 valence electrons. The van der Waals surface area contributed by atoms with Crippen LogP contribution in [0.3, 0.4) is 0 Å². The summed E-state index contributed by atoms with van der Waals surface area (Å²) in [5, 5.41) is 6.42. The second kappa shape index (κ2) is 12.3. The van der Waals surface area contributed by atoms with Crippen molar-refractivity contribution in [3.05, 3.63) is 18.2 Å². The minimum absolute atomic E-state index is 0. The van der Waals surface area contributed by atoms with Gasteiger partial charge in [-0.3, -0.25) is 4.99 Å². The van der Waals surface area contributed by atoms with Crippen LogP contribution in [0.4, 0.5) is 5.69 Å². The van der Waals surface area contributed by atoms with Gasteiger partial charge in [0.15, 0.2) is 17.5 Å². The summed E-state index contributed by atoms with van der Waals surface area (Å²) >= 11 is 0. The van der Waals surface area contributed by atoms with E-state index in [1.807, 2.05) is 32.0 Å². The van der Waals surface area contributed by atoms with E-state index < -0.39 is 0 Å². The molecule has 0 aliphatic rings. The van der Waals surface area contributed by atoms with Crippen LogP contribution < -0.4 is 20.1 Å². The number of anilines is 1. The van der Waals surface area contributed by atoms with Crippen LogP contribution in [0.25, 0.3) is 0 Å². The first-order valence-electron chi connectivity index (χ1n) is 7.10. The van der Waals surface area contributed by atoms with E-state index >= 15 is 0 Å². The van der Waals surface area contributed by atoms with Gasteiger partial charge in [-0.25, -0.2) is 0 Å². The second-order valence-corrected chi connectivity index (χ2v) is 4.15. The zero-order valence-electron chi connectivity index (χ0n) is 13.6. The molecule has 0 radical (unpaired) electrons. The van der Waals surface area contributed by atoms with Gasteiger partial charge in [0.2, 0.25) is 0 Å². The molecular formula is C15H26IN3O3. The first-order valence-corrected chi connectivity index (χ1v) is 7.10. The monoisotopic (exact) mass is 423 g/mol. The van der Waals surface area contributed by atoms with Gasteiger partial charge in [0.1, 0.15) is 0 Å². The Kier molecular flexibility index (Phi) is 11.7. The fraction of sp³-hybridized carbons (Fsp3) is 0.533. The van der Waals surface area contributed by atoms with Crippen LogP contribution in [0, 0.1) is 0 Å². The average molecular weight is 423 g/mol. The molecule has 0 heterocycles. The number of halogens is 1. The molecule has 0 spiro atoms. The summed E-state index contributed by atoms with van der Waals surface area (Å²) in [4.78, 5) is 4.44. The molecular weight excluding hydrogens is 397 g/mol. The van der Waals surface area contributed by atoms with E-state index in [2.05, 4.69) is 15.6 Å². The number of rotatable bonds is 8. The molecule has 0 aliphatic heterocycles. The number of hydrogen-bond donors (Lipinski definition) is 2. The maximum absolute atomic E-state index is 5.29. The number of nitrogens with zero attached hydrogens (tertiary/aromatic N) is 1. The molecule has 1 rings (SSSR count). The van der Waals surface area contributed by atoms with Crippen molar-refractivity contribution in [2.75, 3.05) is 45.8 Å². The molecule has 0 aromatic heterocycles. The number of benzene rings is 1. The quantitative estimate of drug-likeness (QED) is 0.292. The van der Waals surface area contributed by atoms with Crippen molar-refractivity contribution in [3.63, 3.8) is 0 Å².